The third-order valence-corrected chi connectivity index (χ3v) is 3.63. The van der Waals surface area contributed by atoms with Crippen LogP contribution in [0.5, 0.6) is 0 Å². The van der Waals surface area contributed by atoms with Crippen LogP contribution < -0.4 is 0 Å². The molecule has 1 amide bonds. The largest absolute Gasteiger partial charge is 0.338 e. The van der Waals surface area contributed by atoms with E-state index in [1.165, 1.54) is 5.56 Å². The van der Waals surface area contributed by atoms with Crippen LogP contribution in [0.3, 0.4) is 0 Å². The molecule has 2 nitrogen and oxygen atoms in total. The van der Waals surface area contributed by atoms with Crippen molar-refractivity contribution in [3.05, 3.63) is 34.3 Å². The second-order valence-corrected chi connectivity index (χ2v) is 5.30. The van der Waals surface area contributed by atoms with Crippen LogP contribution >= 0.6 is 15.9 Å². The predicted molar refractivity (Wildman–Crippen MR) is 68.0 cm³/mol. The topological polar surface area (TPSA) is 20.3 Å². The number of rotatable bonds is 3. The molecule has 2 rings (SSSR count). The highest BCUT2D eigenvalue weighted by Gasteiger charge is 2.27. The van der Waals surface area contributed by atoms with Gasteiger partial charge in [-0.1, -0.05) is 41.4 Å². The zero-order valence-electron chi connectivity index (χ0n) is 9.45. The highest BCUT2D eigenvalue weighted by molar-refractivity contribution is 9.10. The number of halogens is 1. The van der Waals surface area contributed by atoms with Gasteiger partial charge in [0.25, 0.3) is 0 Å². The molecular weight excluding hydrogens is 266 g/mol. The van der Waals surface area contributed by atoms with Crippen molar-refractivity contribution < 1.29 is 4.79 Å². The molecule has 1 aromatic carbocycles. The SMILES string of the molecule is CCC1CC(=O)N(Cc2cccc(Br)c2)C1. The molecule has 0 aliphatic carbocycles. The van der Waals surface area contributed by atoms with Crippen molar-refractivity contribution in [2.24, 2.45) is 5.92 Å². The zero-order chi connectivity index (χ0) is 11.5. The van der Waals surface area contributed by atoms with E-state index in [-0.39, 0.29) is 0 Å². The summed E-state index contributed by atoms with van der Waals surface area (Å²) < 4.78 is 1.07. The van der Waals surface area contributed by atoms with Gasteiger partial charge in [-0.15, -0.1) is 0 Å². The molecule has 0 saturated carbocycles. The Morgan fingerprint density at radius 1 is 1.50 bits per heavy atom. The van der Waals surface area contributed by atoms with Crippen molar-refractivity contribution >= 4 is 21.8 Å². The summed E-state index contributed by atoms with van der Waals surface area (Å²) >= 11 is 3.45. The molecule has 1 fully saturated rings. The van der Waals surface area contributed by atoms with E-state index < -0.39 is 0 Å². The average molecular weight is 282 g/mol. The molecule has 1 aliphatic heterocycles. The van der Waals surface area contributed by atoms with Crippen LogP contribution in [0.15, 0.2) is 28.7 Å². The van der Waals surface area contributed by atoms with Gasteiger partial charge in [0, 0.05) is 24.0 Å². The summed E-state index contributed by atoms with van der Waals surface area (Å²) in [5.74, 6) is 0.853. The first-order valence-electron chi connectivity index (χ1n) is 5.71. The number of carbonyl (C=O) groups is 1. The Morgan fingerprint density at radius 3 is 2.94 bits per heavy atom. The Kier molecular flexibility index (Phi) is 3.64. The number of hydrogen-bond acceptors (Lipinski definition) is 1. The molecule has 1 saturated heterocycles. The molecule has 0 N–H and O–H groups in total. The van der Waals surface area contributed by atoms with Gasteiger partial charge in [-0.05, 0) is 23.6 Å². The van der Waals surface area contributed by atoms with Crippen molar-refractivity contribution in [3.8, 4) is 0 Å². The van der Waals surface area contributed by atoms with Crippen LogP contribution in [0, 0.1) is 5.92 Å². The fourth-order valence-corrected chi connectivity index (χ4v) is 2.58. The second kappa shape index (κ2) is 5.00. The Hall–Kier alpha value is -0.830. The molecule has 86 valence electrons. The maximum atomic E-state index is 11.7. The first kappa shape index (κ1) is 11.6. The standard InChI is InChI=1S/C13H16BrNO/c1-2-10-7-13(16)15(8-10)9-11-4-3-5-12(14)6-11/h3-6,10H,2,7-9H2,1H3. The van der Waals surface area contributed by atoms with E-state index in [9.17, 15) is 4.79 Å². The molecule has 1 heterocycles. The summed E-state index contributed by atoms with van der Waals surface area (Å²) in [5.41, 5.74) is 1.19. The van der Waals surface area contributed by atoms with E-state index in [1.807, 2.05) is 17.0 Å². The molecule has 1 atom stereocenters. The van der Waals surface area contributed by atoms with Crippen LogP contribution in [-0.2, 0) is 11.3 Å². The minimum Gasteiger partial charge on any atom is -0.338 e. The molecule has 0 radical (unpaired) electrons. The Bertz CT molecular complexity index is 391. The maximum absolute atomic E-state index is 11.7. The summed E-state index contributed by atoms with van der Waals surface area (Å²) in [6.07, 6.45) is 1.82. The van der Waals surface area contributed by atoms with Crippen molar-refractivity contribution in [2.75, 3.05) is 6.54 Å². The lowest BCUT2D eigenvalue weighted by molar-refractivity contribution is -0.128. The quantitative estimate of drug-likeness (QED) is 0.833. The Morgan fingerprint density at radius 2 is 2.31 bits per heavy atom. The van der Waals surface area contributed by atoms with Gasteiger partial charge >= 0.3 is 0 Å². The molecule has 16 heavy (non-hydrogen) atoms. The third-order valence-electron chi connectivity index (χ3n) is 3.13. The van der Waals surface area contributed by atoms with Gasteiger partial charge in [0.2, 0.25) is 5.91 Å². The summed E-state index contributed by atoms with van der Waals surface area (Å²) in [4.78, 5) is 13.7. The molecular formula is C13H16BrNO. The van der Waals surface area contributed by atoms with Gasteiger partial charge in [0.1, 0.15) is 0 Å². The van der Waals surface area contributed by atoms with Crippen molar-refractivity contribution in [3.63, 3.8) is 0 Å². The van der Waals surface area contributed by atoms with Crippen LogP contribution in [0.25, 0.3) is 0 Å². The van der Waals surface area contributed by atoms with Crippen LogP contribution in [-0.4, -0.2) is 17.4 Å². The number of benzene rings is 1. The average Bonchev–Trinajstić information content (AvgIpc) is 2.60. The van der Waals surface area contributed by atoms with Crippen LogP contribution in [0.1, 0.15) is 25.3 Å². The summed E-state index contributed by atoms with van der Waals surface area (Å²) in [5, 5.41) is 0. The normalized spacial score (nSPS) is 20.5. The highest BCUT2D eigenvalue weighted by Crippen LogP contribution is 2.23. The lowest BCUT2D eigenvalue weighted by atomic mass is 10.1. The fourth-order valence-electron chi connectivity index (χ4n) is 2.14. The third kappa shape index (κ3) is 2.64. The molecule has 1 aliphatic rings. The lowest BCUT2D eigenvalue weighted by Crippen LogP contribution is -2.24. The number of likely N-dealkylation sites (tertiary alicyclic amines) is 1. The summed E-state index contributed by atoms with van der Waals surface area (Å²) in [6, 6.07) is 8.16. The van der Waals surface area contributed by atoms with Gasteiger partial charge in [0.05, 0.1) is 0 Å². The van der Waals surface area contributed by atoms with Crippen molar-refractivity contribution in [1.29, 1.82) is 0 Å². The number of hydrogen-bond donors (Lipinski definition) is 0. The molecule has 3 heteroatoms. The minimum atomic E-state index is 0.298. The second-order valence-electron chi connectivity index (χ2n) is 4.38. The summed E-state index contributed by atoms with van der Waals surface area (Å²) in [7, 11) is 0. The van der Waals surface area contributed by atoms with Gasteiger partial charge in [-0.3, -0.25) is 4.79 Å². The van der Waals surface area contributed by atoms with E-state index in [2.05, 4.69) is 35.0 Å². The van der Waals surface area contributed by atoms with E-state index in [0.29, 0.717) is 11.8 Å². The molecule has 1 aromatic rings. The molecule has 0 aromatic heterocycles. The summed E-state index contributed by atoms with van der Waals surface area (Å²) in [6.45, 7) is 3.82. The lowest BCUT2D eigenvalue weighted by Gasteiger charge is -2.16. The first-order chi connectivity index (χ1) is 7.69. The Balaban J connectivity index is 2.03. The minimum absolute atomic E-state index is 0.298. The predicted octanol–water partition coefficient (Wildman–Crippen LogP) is 3.21. The number of nitrogens with zero attached hydrogens (tertiary/aromatic N) is 1. The van der Waals surface area contributed by atoms with Crippen molar-refractivity contribution in [2.45, 2.75) is 26.3 Å². The van der Waals surface area contributed by atoms with E-state index in [0.717, 1.165) is 30.4 Å². The number of carbonyl (C=O) groups excluding carboxylic acids is 1. The van der Waals surface area contributed by atoms with Crippen LogP contribution in [0.4, 0.5) is 0 Å². The smallest absolute Gasteiger partial charge is 0.223 e. The Labute approximate surface area is 105 Å². The van der Waals surface area contributed by atoms with Gasteiger partial charge in [-0.2, -0.15) is 0 Å². The van der Waals surface area contributed by atoms with E-state index in [4.69, 9.17) is 0 Å². The zero-order valence-corrected chi connectivity index (χ0v) is 11.0. The monoisotopic (exact) mass is 281 g/mol. The molecule has 1 unspecified atom stereocenters. The molecule has 0 spiro atoms. The van der Waals surface area contributed by atoms with Crippen molar-refractivity contribution in [1.82, 2.24) is 4.90 Å². The highest BCUT2D eigenvalue weighted by atomic mass is 79.9. The van der Waals surface area contributed by atoms with E-state index in [1.54, 1.807) is 0 Å². The molecule has 0 bridgehead atoms. The van der Waals surface area contributed by atoms with Gasteiger partial charge in [0.15, 0.2) is 0 Å². The maximum Gasteiger partial charge on any atom is 0.223 e. The van der Waals surface area contributed by atoms with E-state index >= 15 is 0 Å². The van der Waals surface area contributed by atoms with Gasteiger partial charge < -0.3 is 4.90 Å². The fraction of sp³-hybridized carbons (Fsp3) is 0.462. The van der Waals surface area contributed by atoms with Gasteiger partial charge in [-0.25, -0.2) is 0 Å². The first-order valence-corrected chi connectivity index (χ1v) is 6.50. The number of amides is 1. The van der Waals surface area contributed by atoms with Crippen LogP contribution in [0.2, 0.25) is 0 Å².